The third-order valence-electron chi connectivity index (χ3n) is 8.03. The lowest BCUT2D eigenvalue weighted by Crippen LogP contribution is -2.46. The molecule has 2 atom stereocenters. The van der Waals surface area contributed by atoms with Crippen molar-refractivity contribution in [1.29, 1.82) is 0 Å². The van der Waals surface area contributed by atoms with Gasteiger partial charge in [0.05, 0.1) is 18.7 Å². The van der Waals surface area contributed by atoms with Gasteiger partial charge in [0.2, 0.25) is 23.6 Å². The number of hydrogen-bond donors (Lipinski definition) is 2. The van der Waals surface area contributed by atoms with Crippen molar-refractivity contribution >= 4 is 47.2 Å². The van der Waals surface area contributed by atoms with E-state index in [9.17, 15) is 19.2 Å². The maximum atomic E-state index is 13.0. The topological polar surface area (TPSA) is 128 Å². The van der Waals surface area contributed by atoms with Crippen LogP contribution >= 0.6 is 0 Å². The SMILES string of the molecule is Cc1cc(CC(=O)N2CCC[C@H]2C(=O)Nc2ccc(/C=C/c3ccc(NC(=O)[C@@H]4CCCN4C(=O)CN(C)C)cc3)cc2)on1. The number of hydrogen-bond acceptors (Lipinski definition) is 7. The first-order valence-corrected chi connectivity index (χ1v) is 15.3. The van der Waals surface area contributed by atoms with Crippen molar-refractivity contribution < 1.29 is 23.7 Å². The lowest BCUT2D eigenvalue weighted by molar-refractivity contribution is -0.137. The van der Waals surface area contributed by atoms with Gasteiger partial charge in [-0.3, -0.25) is 19.2 Å². The predicted octanol–water partition coefficient (Wildman–Crippen LogP) is 3.82. The average molecular weight is 613 g/mol. The van der Waals surface area contributed by atoms with Crippen molar-refractivity contribution in [1.82, 2.24) is 19.9 Å². The molecule has 4 amide bonds. The van der Waals surface area contributed by atoms with Crippen LogP contribution in [0.15, 0.2) is 59.1 Å². The number of carbonyl (C=O) groups is 4. The molecule has 5 rings (SSSR count). The fraction of sp³-hybridized carbons (Fsp3) is 0.382. The summed E-state index contributed by atoms with van der Waals surface area (Å²) in [6.45, 7) is 3.23. The number of rotatable bonds is 10. The van der Waals surface area contributed by atoms with Crippen LogP contribution in [0.1, 0.15) is 48.3 Å². The van der Waals surface area contributed by atoms with E-state index in [0.29, 0.717) is 48.8 Å². The second-order valence-electron chi connectivity index (χ2n) is 11.9. The van der Waals surface area contributed by atoms with E-state index >= 15 is 0 Å². The summed E-state index contributed by atoms with van der Waals surface area (Å²) >= 11 is 0. The summed E-state index contributed by atoms with van der Waals surface area (Å²) in [6, 6.07) is 15.8. The number of aromatic nitrogens is 1. The Balaban J connectivity index is 1.11. The van der Waals surface area contributed by atoms with Crippen molar-refractivity contribution in [3.8, 4) is 0 Å². The van der Waals surface area contributed by atoms with Crippen molar-refractivity contribution in [2.24, 2.45) is 0 Å². The Labute approximate surface area is 263 Å². The molecule has 0 bridgehead atoms. The summed E-state index contributed by atoms with van der Waals surface area (Å²) < 4.78 is 5.17. The second-order valence-corrected chi connectivity index (χ2v) is 11.9. The minimum Gasteiger partial charge on any atom is -0.361 e. The van der Waals surface area contributed by atoms with Crippen LogP contribution in [0.5, 0.6) is 0 Å². The normalized spacial score (nSPS) is 18.1. The highest BCUT2D eigenvalue weighted by Gasteiger charge is 2.35. The van der Waals surface area contributed by atoms with Gasteiger partial charge >= 0.3 is 0 Å². The third-order valence-corrected chi connectivity index (χ3v) is 8.03. The van der Waals surface area contributed by atoms with E-state index in [0.717, 1.165) is 24.0 Å². The molecule has 2 fully saturated rings. The van der Waals surface area contributed by atoms with Crippen molar-refractivity contribution in [3.05, 3.63) is 77.2 Å². The zero-order valence-electron chi connectivity index (χ0n) is 26.0. The van der Waals surface area contributed by atoms with Crippen LogP contribution in [0.25, 0.3) is 12.2 Å². The lowest BCUT2D eigenvalue weighted by atomic mass is 10.1. The quantitative estimate of drug-likeness (QED) is 0.333. The third kappa shape index (κ3) is 8.24. The molecule has 2 N–H and O–H groups in total. The molecule has 2 saturated heterocycles. The zero-order chi connectivity index (χ0) is 31.9. The Morgan fingerprint density at radius 1 is 0.822 bits per heavy atom. The maximum absolute atomic E-state index is 13.0. The monoisotopic (exact) mass is 612 g/mol. The number of aryl methyl sites for hydroxylation is 1. The first-order chi connectivity index (χ1) is 21.7. The molecule has 236 valence electrons. The molecule has 11 heteroatoms. The number of anilines is 2. The summed E-state index contributed by atoms with van der Waals surface area (Å²) in [7, 11) is 3.68. The Kier molecular flexibility index (Phi) is 10.1. The number of likely N-dealkylation sites (N-methyl/N-ethyl adjacent to an activating group) is 1. The van der Waals surface area contributed by atoms with Crippen molar-refractivity contribution in [2.75, 3.05) is 44.4 Å². The number of nitrogens with zero attached hydrogens (tertiary/aromatic N) is 4. The van der Waals surface area contributed by atoms with Gasteiger partial charge in [-0.05, 0) is 82.1 Å². The molecule has 45 heavy (non-hydrogen) atoms. The summed E-state index contributed by atoms with van der Waals surface area (Å²) in [5.74, 6) is -0.0478. The molecule has 3 aromatic rings. The fourth-order valence-electron chi connectivity index (χ4n) is 5.79. The van der Waals surface area contributed by atoms with Crippen LogP contribution in [0.2, 0.25) is 0 Å². The smallest absolute Gasteiger partial charge is 0.247 e. The highest BCUT2D eigenvalue weighted by Crippen LogP contribution is 2.23. The average Bonchev–Trinajstić information content (AvgIpc) is 3.78. The number of likely N-dealkylation sites (tertiary alicyclic amines) is 2. The molecule has 2 aliphatic heterocycles. The molecule has 2 aromatic carbocycles. The number of benzene rings is 2. The Morgan fingerprint density at radius 3 is 1.76 bits per heavy atom. The second kappa shape index (κ2) is 14.3. The van der Waals surface area contributed by atoms with Crippen LogP contribution in [-0.4, -0.2) is 89.3 Å². The van der Waals surface area contributed by atoms with E-state index in [4.69, 9.17) is 4.52 Å². The van der Waals surface area contributed by atoms with E-state index in [1.54, 1.807) is 22.8 Å². The molecule has 0 aliphatic carbocycles. The summed E-state index contributed by atoms with van der Waals surface area (Å²) in [4.78, 5) is 56.4. The molecule has 0 radical (unpaired) electrons. The number of amides is 4. The van der Waals surface area contributed by atoms with Gasteiger partial charge in [-0.15, -0.1) is 0 Å². The highest BCUT2D eigenvalue weighted by molar-refractivity contribution is 5.98. The summed E-state index contributed by atoms with van der Waals surface area (Å²) in [5, 5.41) is 9.72. The Hall–Kier alpha value is -4.77. The van der Waals surface area contributed by atoms with E-state index in [-0.39, 0.29) is 36.6 Å². The van der Waals surface area contributed by atoms with E-state index < -0.39 is 12.1 Å². The minimum atomic E-state index is -0.517. The van der Waals surface area contributed by atoms with Crippen LogP contribution in [0.3, 0.4) is 0 Å². The molecule has 11 nitrogen and oxygen atoms in total. The summed E-state index contributed by atoms with van der Waals surface area (Å²) in [5.41, 5.74) is 3.97. The molecule has 3 heterocycles. The zero-order valence-corrected chi connectivity index (χ0v) is 26.0. The standard InChI is InChI=1S/C34H40N6O5/c1-23-20-28(45-37-23)21-31(41)39-18-4-6-29(39)33(43)35-26-14-10-24(11-15-26)8-9-25-12-16-27(17-13-25)36-34(44)30-7-5-19-40(30)32(42)22-38(2)3/h8-17,20,29-30H,4-7,18-19,21-22H2,1-3H3,(H,35,43)(H,36,44)/b9-8+/t29-,30-/m0/s1. The maximum Gasteiger partial charge on any atom is 0.247 e. The molecule has 0 unspecified atom stereocenters. The Morgan fingerprint density at radius 2 is 1.31 bits per heavy atom. The minimum absolute atomic E-state index is 0.0317. The molecule has 0 saturated carbocycles. The largest absolute Gasteiger partial charge is 0.361 e. The number of nitrogens with one attached hydrogen (secondary N) is 2. The van der Waals surface area contributed by atoms with Crippen LogP contribution in [-0.2, 0) is 25.6 Å². The lowest BCUT2D eigenvalue weighted by Gasteiger charge is -2.25. The van der Waals surface area contributed by atoms with Crippen molar-refractivity contribution in [3.63, 3.8) is 0 Å². The molecule has 0 spiro atoms. The van der Waals surface area contributed by atoms with Gasteiger partial charge in [0.15, 0.2) is 0 Å². The van der Waals surface area contributed by atoms with Gasteiger partial charge in [-0.25, -0.2) is 0 Å². The van der Waals surface area contributed by atoms with E-state index in [2.05, 4.69) is 15.8 Å². The predicted molar refractivity (Wildman–Crippen MR) is 172 cm³/mol. The van der Waals surface area contributed by atoms with Crippen LogP contribution in [0, 0.1) is 6.92 Å². The number of carbonyl (C=O) groups excluding carboxylic acids is 4. The molecular formula is C34H40N6O5. The molecular weight excluding hydrogens is 572 g/mol. The molecule has 1 aromatic heterocycles. The van der Waals surface area contributed by atoms with Gasteiger partial charge in [0.25, 0.3) is 0 Å². The van der Waals surface area contributed by atoms with Gasteiger partial charge in [-0.2, -0.15) is 0 Å². The Bertz CT molecular complexity index is 1550. The van der Waals surface area contributed by atoms with E-state index in [1.165, 1.54) is 0 Å². The van der Waals surface area contributed by atoms with Crippen LogP contribution < -0.4 is 10.6 Å². The first-order valence-electron chi connectivity index (χ1n) is 15.3. The van der Waals surface area contributed by atoms with Crippen LogP contribution in [0.4, 0.5) is 11.4 Å². The van der Waals surface area contributed by atoms with Gasteiger partial charge < -0.3 is 29.9 Å². The van der Waals surface area contributed by atoms with E-state index in [1.807, 2.05) is 79.7 Å². The fourth-order valence-corrected chi connectivity index (χ4v) is 5.79. The molecule has 2 aliphatic rings. The first kappa shape index (κ1) is 31.6. The van der Waals surface area contributed by atoms with Gasteiger partial charge in [0.1, 0.15) is 17.8 Å². The van der Waals surface area contributed by atoms with Crippen molar-refractivity contribution in [2.45, 2.75) is 51.1 Å². The highest BCUT2D eigenvalue weighted by atomic mass is 16.5. The summed E-state index contributed by atoms with van der Waals surface area (Å²) in [6.07, 6.45) is 6.89. The van der Waals surface area contributed by atoms with Gasteiger partial charge in [-0.1, -0.05) is 41.6 Å². The van der Waals surface area contributed by atoms with Gasteiger partial charge in [0, 0.05) is 30.5 Å².